The minimum Gasteiger partial charge on any atom is -0.346 e. The molecule has 3 aromatic rings. The van der Waals surface area contributed by atoms with Crippen LogP contribution in [-0.2, 0) is 22.4 Å². The second kappa shape index (κ2) is 8.95. The zero-order valence-electron chi connectivity index (χ0n) is 17.0. The first-order chi connectivity index (χ1) is 14.7. The average molecular weight is 402 g/mol. The molecule has 1 saturated heterocycles. The summed E-state index contributed by atoms with van der Waals surface area (Å²) in [6.45, 7) is 5.27. The number of fused-ring (bicyclic) bond motifs is 1. The van der Waals surface area contributed by atoms with Gasteiger partial charge in [0.15, 0.2) is 0 Å². The number of piperazine rings is 1. The molecule has 0 saturated carbocycles. The number of hydrogen-bond acceptors (Lipinski definition) is 3. The number of carbonyl (C=O) groups excluding carboxylic acids is 2. The lowest BCUT2D eigenvalue weighted by Gasteiger charge is -2.41. The van der Waals surface area contributed by atoms with E-state index in [4.69, 9.17) is 0 Å². The van der Waals surface area contributed by atoms with Gasteiger partial charge in [0.05, 0.1) is 6.04 Å². The SMILES string of the molecule is C=CC(=O)N1CCN(C(=O)CCc2c[nH]c3ncccc23)C[C@@H]1Cc1ccccc1. The number of nitrogens with one attached hydrogen (secondary N) is 1. The van der Waals surface area contributed by atoms with Crippen LogP contribution in [0.15, 0.2) is 67.5 Å². The van der Waals surface area contributed by atoms with Crippen molar-refractivity contribution in [3.05, 3.63) is 78.6 Å². The topological polar surface area (TPSA) is 69.3 Å². The van der Waals surface area contributed by atoms with Gasteiger partial charge in [-0.25, -0.2) is 4.98 Å². The third-order valence-corrected chi connectivity index (χ3v) is 5.75. The fourth-order valence-electron chi connectivity index (χ4n) is 4.17. The van der Waals surface area contributed by atoms with Gasteiger partial charge in [0.1, 0.15) is 5.65 Å². The molecule has 1 aliphatic heterocycles. The molecule has 0 bridgehead atoms. The lowest BCUT2D eigenvalue weighted by Crippen LogP contribution is -2.57. The first-order valence-corrected chi connectivity index (χ1v) is 10.3. The highest BCUT2D eigenvalue weighted by atomic mass is 16.2. The van der Waals surface area contributed by atoms with Crippen molar-refractivity contribution in [2.45, 2.75) is 25.3 Å². The van der Waals surface area contributed by atoms with Crippen molar-refractivity contribution in [2.24, 2.45) is 0 Å². The van der Waals surface area contributed by atoms with Crippen LogP contribution in [0, 0.1) is 0 Å². The summed E-state index contributed by atoms with van der Waals surface area (Å²) in [6, 6.07) is 14.0. The molecule has 154 valence electrons. The second-order valence-corrected chi connectivity index (χ2v) is 7.63. The first-order valence-electron chi connectivity index (χ1n) is 10.3. The van der Waals surface area contributed by atoms with Gasteiger partial charge in [-0.15, -0.1) is 0 Å². The van der Waals surface area contributed by atoms with Gasteiger partial charge in [0.2, 0.25) is 11.8 Å². The zero-order chi connectivity index (χ0) is 20.9. The molecule has 2 aromatic heterocycles. The normalized spacial score (nSPS) is 16.6. The van der Waals surface area contributed by atoms with E-state index in [1.165, 1.54) is 6.08 Å². The molecule has 0 spiro atoms. The van der Waals surface area contributed by atoms with E-state index in [1.54, 1.807) is 6.20 Å². The van der Waals surface area contributed by atoms with Crippen LogP contribution in [0.3, 0.4) is 0 Å². The fraction of sp³-hybridized carbons (Fsp3) is 0.292. The van der Waals surface area contributed by atoms with E-state index in [9.17, 15) is 9.59 Å². The van der Waals surface area contributed by atoms with E-state index in [1.807, 2.05) is 46.3 Å². The molecule has 0 radical (unpaired) electrons. The average Bonchev–Trinajstić information content (AvgIpc) is 3.21. The van der Waals surface area contributed by atoms with Gasteiger partial charge in [-0.2, -0.15) is 0 Å². The van der Waals surface area contributed by atoms with Crippen molar-refractivity contribution in [1.29, 1.82) is 0 Å². The highest BCUT2D eigenvalue weighted by Crippen LogP contribution is 2.20. The molecule has 3 heterocycles. The number of nitrogens with zero attached hydrogens (tertiary/aromatic N) is 3. The van der Waals surface area contributed by atoms with Crippen molar-refractivity contribution in [3.63, 3.8) is 0 Å². The first kappa shape index (κ1) is 19.9. The van der Waals surface area contributed by atoms with Gasteiger partial charge in [-0.05, 0) is 42.2 Å². The molecular formula is C24H26N4O2. The van der Waals surface area contributed by atoms with Crippen molar-refractivity contribution < 1.29 is 9.59 Å². The number of rotatable bonds is 6. The third kappa shape index (κ3) is 4.27. The monoisotopic (exact) mass is 402 g/mol. The van der Waals surface area contributed by atoms with Crippen LogP contribution in [0.25, 0.3) is 11.0 Å². The summed E-state index contributed by atoms with van der Waals surface area (Å²) in [4.78, 5) is 36.5. The maximum Gasteiger partial charge on any atom is 0.246 e. The molecule has 2 amide bonds. The summed E-state index contributed by atoms with van der Waals surface area (Å²) in [5.74, 6) is 0.0475. The number of aryl methyl sites for hydroxylation is 1. The van der Waals surface area contributed by atoms with Crippen LogP contribution in [0.2, 0.25) is 0 Å². The molecule has 1 aromatic carbocycles. The summed E-state index contributed by atoms with van der Waals surface area (Å²) in [7, 11) is 0. The Morgan fingerprint density at radius 2 is 2.00 bits per heavy atom. The minimum absolute atomic E-state index is 0.0483. The molecule has 4 rings (SSSR count). The van der Waals surface area contributed by atoms with Crippen molar-refractivity contribution in [3.8, 4) is 0 Å². The Hall–Kier alpha value is -3.41. The van der Waals surface area contributed by atoms with E-state index < -0.39 is 0 Å². The Kier molecular flexibility index (Phi) is 5.93. The number of aromatic nitrogens is 2. The van der Waals surface area contributed by atoms with Gasteiger partial charge < -0.3 is 14.8 Å². The van der Waals surface area contributed by atoms with E-state index in [0.717, 1.165) is 28.6 Å². The van der Waals surface area contributed by atoms with Crippen LogP contribution < -0.4 is 0 Å². The number of H-pyrrole nitrogens is 1. The smallest absolute Gasteiger partial charge is 0.246 e. The fourth-order valence-corrected chi connectivity index (χ4v) is 4.17. The van der Waals surface area contributed by atoms with Crippen LogP contribution in [-0.4, -0.2) is 57.3 Å². The summed E-state index contributed by atoms with van der Waals surface area (Å²) in [6.07, 6.45) is 6.88. The van der Waals surface area contributed by atoms with Crippen molar-refractivity contribution in [1.82, 2.24) is 19.8 Å². The lowest BCUT2D eigenvalue weighted by atomic mass is 10.0. The molecule has 1 N–H and O–H groups in total. The standard InChI is InChI=1S/C24H26N4O2/c1-2-22(29)28-14-13-27(17-20(28)15-18-7-4-3-5-8-18)23(30)11-10-19-16-26-24-21(19)9-6-12-25-24/h2-9,12,16,20H,1,10-11,13-15,17H2,(H,25,26)/t20-/m0/s1. The van der Waals surface area contributed by atoms with Crippen LogP contribution >= 0.6 is 0 Å². The molecule has 0 unspecified atom stereocenters. The number of pyridine rings is 1. The lowest BCUT2D eigenvalue weighted by molar-refractivity contribution is -0.140. The van der Waals surface area contributed by atoms with E-state index in [0.29, 0.717) is 32.5 Å². The molecule has 0 aliphatic carbocycles. The number of aromatic amines is 1. The highest BCUT2D eigenvalue weighted by molar-refractivity contribution is 5.87. The summed E-state index contributed by atoms with van der Waals surface area (Å²) < 4.78 is 0. The molecule has 30 heavy (non-hydrogen) atoms. The predicted octanol–water partition coefficient (Wildman–Crippen LogP) is 2.96. The third-order valence-electron chi connectivity index (χ3n) is 5.75. The van der Waals surface area contributed by atoms with Crippen molar-refractivity contribution in [2.75, 3.05) is 19.6 Å². The molecule has 6 nitrogen and oxygen atoms in total. The Balaban J connectivity index is 1.42. The molecule has 6 heteroatoms. The van der Waals surface area contributed by atoms with Gasteiger partial charge in [0, 0.05) is 43.8 Å². The number of carbonyl (C=O) groups is 2. The number of hydrogen-bond donors (Lipinski definition) is 1. The van der Waals surface area contributed by atoms with Gasteiger partial charge >= 0.3 is 0 Å². The summed E-state index contributed by atoms with van der Waals surface area (Å²) in [5, 5.41) is 1.06. The summed E-state index contributed by atoms with van der Waals surface area (Å²) >= 11 is 0. The van der Waals surface area contributed by atoms with E-state index >= 15 is 0 Å². The Labute approximate surface area is 176 Å². The predicted molar refractivity (Wildman–Crippen MR) is 117 cm³/mol. The number of benzene rings is 1. The quantitative estimate of drug-likeness (QED) is 0.645. The van der Waals surface area contributed by atoms with Crippen LogP contribution in [0.1, 0.15) is 17.5 Å². The Morgan fingerprint density at radius 3 is 2.80 bits per heavy atom. The molecular weight excluding hydrogens is 376 g/mol. The maximum absolute atomic E-state index is 12.9. The van der Waals surface area contributed by atoms with E-state index in [-0.39, 0.29) is 17.9 Å². The molecule has 1 atom stereocenters. The van der Waals surface area contributed by atoms with Crippen LogP contribution in [0.4, 0.5) is 0 Å². The van der Waals surface area contributed by atoms with Crippen LogP contribution in [0.5, 0.6) is 0 Å². The highest BCUT2D eigenvalue weighted by Gasteiger charge is 2.31. The second-order valence-electron chi connectivity index (χ2n) is 7.63. The maximum atomic E-state index is 12.9. The largest absolute Gasteiger partial charge is 0.346 e. The van der Waals surface area contributed by atoms with E-state index in [2.05, 4.69) is 28.7 Å². The minimum atomic E-state index is -0.0747. The summed E-state index contributed by atoms with van der Waals surface area (Å²) in [5.41, 5.74) is 3.11. The number of amides is 2. The van der Waals surface area contributed by atoms with Gasteiger partial charge in [-0.3, -0.25) is 9.59 Å². The van der Waals surface area contributed by atoms with Gasteiger partial charge in [0.25, 0.3) is 0 Å². The molecule has 1 aliphatic rings. The zero-order valence-corrected chi connectivity index (χ0v) is 17.0. The molecule has 1 fully saturated rings. The van der Waals surface area contributed by atoms with Gasteiger partial charge in [-0.1, -0.05) is 36.9 Å². The van der Waals surface area contributed by atoms with Crippen molar-refractivity contribution >= 4 is 22.8 Å². The Bertz CT molecular complexity index is 1040. The Morgan fingerprint density at radius 1 is 1.17 bits per heavy atom.